The molecule has 9 nitrogen and oxygen atoms in total. The molecule has 0 saturated heterocycles. The Morgan fingerprint density at radius 1 is 0.929 bits per heavy atom. The van der Waals surface area contributed by atoms with Crippen molar-refractivity contribution in [1.29, 1.82) is 0 Å². The molecule has 11 heteroatoms. The highest BCUT2D eigenvalue weighted by Crippen LogP contribution is 2.15. The second-order valence-electron chi connectivity index (χ2n) is 5.78. The van der Waals surface area contributed by atoms with Crippen LogP contribution in [0, 0.1) is 0 Å². The molecule has 0 heterocycles. The fourth-order valence-electron chi connectivity index (χ4n) is 2.21. The number of carbonyl (C=O) groups excluding carboxylic acids is 1. The molecule has 0 aliphatic rings. The molecule has 0 atom stereocenters. The van der Waals surface area contributed by atoms with E-state index in [-0.39, 0.29) is 18.0 Å². The van der Waals surface area contributed by atoms with E-state index in [4.69, 9.17) is 4.74 Å². The van der Waals surface area contributed by atoms with Gasteiger partial charge in [-0.15, -0.1) is 0 Å². The molecule has 2 rings (SSSR count). The third kappa shape index (κ3) is 6.51. The van der Waals surface area contributed by atoms with Crippen molar-refractivity contribution in [3.8, 4) is 5.75 Å². The fourth-order valence-corrected chi connectivity index (χ4v) is 3.80. The molecule has 0 bridgehead atoms. The van der Waals surface area contributed by atoms with Crippen molar-refractivity contribution < 1.29 is 26.4 Å². The topological polar surface area (TPSA) is 131 Å². The lowest BCUT2D eigenvalue weighted by molar-refractivity contribution is 0.0954. The van der Waals surface area contributed by atoms with E-state index in [1.165, 1.54) is 43.5 Å². The van der Waals surface area contributed by atoms with Gasteiger partial charge in [-0.1, -0.05) is 0 Å². The Morgan fingerprint density at radius 2 is 1.54 bits per heavy atom. The van der Waals surface area contributed by atoms with Gasteiger partial charge in [0.15, 0.2) is 0 Å². The maximum atomic E-state index is 12.2. The molecule has 0 aliphatic carbocycles. The zero-order valence-corrected chi connectivity index (χ0v) is 16.9. The van der Waals surface area contributed by atoms with Gasteiger partial charge in [0.2, 0.25) is 20.0 Å². The van der Waals surface area contributed by atoms with Gasteiger partial charge >= 0.3 is 0 Å². The highest BCUT2D eigenvalue weighted by Gasteiger charge is 2.13. The summed E-state index contributed by atoms with van der Waals surface area (Å²) in [6.45, 7) is 0.0887. The van der Waals surface area contributed by atoms with E-state index in [0.29, 0.717) is 17.0 Å². The van der Waals surface area contributed by atoms with E-state index in [0.717, 1.165) is 6.26 Å². The quantitative estimate of drug-likeness (QED) is 0.507. The van der Waals surface area contributed by atoms with Crippen LogP contribution in [0.2, 0.25) is 0 Å². The van der Waals surface area contributed by atoms with E-state index in [9.17, 15) is 21.6 Å². The molecule has 0 aliphatic heterocycles. The second-order valence-corrected chi connectivity index (χ2v) is 9.30. The first-order valence-electron chi connectivity index (χ1n) is 8.10. The minimum atomic E-state index is -3.69. The summed E-state index contributed by atoms with van der Waals surface area (Å²) in [6, 6.07) is 11.8. The molecule has 0 radical (unpaired) electrons. The highest BCUT2D eigenvalue weighted by molar-refractivity contribution is 7.92. The van der Waals surface area contributed by atoms with Gasteiger partial charge in [-0.3, -0.25) is 9.52 Å². The Kier molecular flexibility index (Phi) is 7.00. The summed E-state index contributed by atoms with van der Waals surface area (Å²) >= 11 is 0. The molecule has 2 aromatic rings. The van der Waals surface area contributed by atoms with E-state index in [2.05, 4.69) is 14.8 Å². The summed E-state index contributed by atoms with van der Waals surface area (Å²) in [5, 5.41) is 2.58. The number of rotatable bonds is 9. The summed E-state index contributed by atoms with van der Waals surface area (Å²) < 4.78 is 56.3. The van der Waals surface area contributed by atoms with Crippen molar-refractivity contribution in [3.05, 3.63) is 54.1 Å². The predicted molar refractivity (Wildman–Crippen MR) is 105 cm³/mol. The molecular formula is C17H21N3O6S2. The van der Waals surface area contributed by atoms with Gasteiger partial charge in [0.25, 0.3) is 5.91 Å². The smallest absolute Gasteiger partial charge is 0.251 e. The van der Waals surface area contributed by atoms with Gasteiger partial charge in [0.1, 0.15) is 5.75 Å². The Hall–Kier alpha value is -2.63. The highest BCUT2D eigenvalue weighted by atomic mass is 32.2. The van der Waals surface area contributed by atoms with E-state index < -0.39 is 26.0 Å². The summed E-state index contributed by atoms with van der Waals surface area (Å²) in [5.74, 6) is 0.138. The molecule has 0 saturated carbocycles. The van der Waals surface area contributed by atoms with Gasteiger partial charge in [-0.2, -0.15) is 0 Å². The predicted octanol–water partition coefficient (Wildman–Crippen LogP) is 0.775. The van der Waals surface area contributed by atoms with Crippen LogP contribution in [0.4, 0.5) is 5.69 Å². The molecule has 2 aromatic carbocycles. The molecule has 0 unspecified atom stereocenters. The van der Waals surface area contributed by atoms with Crippen LogP contribution in [0.1, 0.15) is 10.4 Å². The largest absolute Gasteiger partial charge is 0.497 e. The first-order valence-corrected chi connectivity index (χ1v) is 11.5. The maximum absolute atomic E-state index is 12.2. The SMILES string of the molecule is COc1ccc(S(=O)(=O)NCCNC(=O)c2ccc(NS(C)(=O)=O)cc2)cc1. The third-order valence-corrected chi connectivity index (χ3v) is 5.61. The van der Waals surface area contributed by atoms with Crippen LogP contribution in [0.5, 0.6) is 5.75 Å². The molecule has 152 valence electrons. The van der Waals surface area contributed by atoms with E-state index >= 15 is 0 Å². The molecular weight excluding hydrogens is 406 g/mol. The molecule has 0 spiro atoms. The zero-order chi connectivity index (χ0) is 20.8. The monoisotopic (exact) mass is 427 g/mol. The van der Waals surface area contributed by atoms with Crippen LogP contribution in [0.25, 0.3) is 0 Å². The molecule has 0 aromatic heterocycles. The standard InChI is InChI=1S/C17H21N3O6S2/c1-26-15-7-9-16(10-8-15)28(24,25)19-12-11-18-17(21)13-3-5-14(6-4-13)20-27(2,22)23/h3-10,19-20H,11-12H2,1-2H3,(H,18,21). The first-order chi connectivity index (χ1) is 13.1. The van der Waals surface area contributed by atoms with Crippen LogP contribution < -0.4 is 19.5 Å². The normalized spacial score (nSPS) is 11.6. The maximum Gasteiger partial charge on any atom is 0.251 e. The number of sulfonamides is 2. The van der Waals surface area contributed by atoms with Crippen molar-refractivity contribution in [2.24, 2.45) is 0 Å². The lowest BCUT2D eigenvalue weighted by atomic mass is 10.2. The second kappa shape index (κ2) is 9.04. The number of methoxy groups -OCH3 is 1. The Morgan fingerprint density at radius 3 is 2.07 bits per heavy atom. The Labute approximate surface area is 164 Å². The zero-order valence-electron chi connectivity index (χ0n) is 15.3. The van der Waals surface area contributed by atoms with Crippen molar-refractivity contribution >= 4 is 31.6 Å². The van der Waals surface area contributed by atoms with Crippen LogP contribution in [-0.4, -0.2) is 49.2 Å². The number of ether oxygens (including phenoxy) is 1. The minimum absolute atomic E-state index is 0.00776. The summed E-state index contributed by atoms with van der Waals surface area (Å²) in [6.07, 6.45) is 1.03. The lowest BCUT2D eigenvalue weighted by Gasteiger charge is -2.09. The van der Waals surface area contributed by atoms with Crippen molar-refractivity contribution in [2.45, 2.75) is 4.90 Å². The summed E-state index contributed by atoms with van der Waals surface area (Å²) in [7, 11) is -5.60. The first kappa shape index (κ1) is 21.7. The number of anilines is 1. The van der Waals surface area contributed by atoms with Crippen LogP contribution >= 0.6 is 0 Å². The van der Waals surface area contributed by atoms with E-state index in [1.807, 2.05) is 0 Å². The van der Waals surface area contributed by atoms with Gasteiger partial charge in [-0.05, 0) is 48.5 Å². The van der Waals surface area contributed by atoms with Crippen LogP contribution in [0.3, 0.4) is 0 Å². The molecule has 1 amide bonds. The number of nitrogens with one attached hydrogen (secondary N) is 3. The van der Waals surface area contributed by atoms with Gasteiger partial charge in [-0.25, -0.2) is 21.6 Å². The van der Waals surface area contributed by atoms with Gasteiger partial charge in [0, 0.05) is 24.3 Å². The summed E-state index contributed by atoms with van der Waals surface area (Å²) in [5.41, 5.74) is 0.656. The fraction of sp³-hybridized carbons (Fsp3) is 0.235. The number of hydrogen-bond acceptors (Lipinski definition) is 6. The lowest BCUT2D eigenvalue weighted by Crippen LogP contribution is -2.34. The summed E-state index contributed by atoms with van der Waals surface area (Å²) in [4.78, 5) is 12.2. The molecule has 28 heavy (non-hydrogen) atoms. The number of amides is 1. The van der Waals surface area contributed by atoms with Crippen molar-refractivity contribution in [1.82, 2.24) is 10.0 Å². The van der Waals surface area contributed by atoms with Gasteiger partial charge in [0.05, 0.1) is 18.3 Å². The van der Waals surface area contributed by atoms with Crippen LogP contribution in [-0.2, 0) is 20.0 Å². The Bertz CT molecular complexity index is 1020. The number of benzene rings is 2. The van der Waals surface area contributed by atoms with Crippen molar-refractivity contribution in [3.63, 3.8) is 0 Å². The Balaban J connectivity index is 1.84. The van der Waals surface area contributed by atoms with Crippen LogP contribution in [0.15, 0.2) is 53.4 Å². The van der Waals surface area contributed by atoms with Crippen molar-refractivity contribution in [2.75, 3.05) is 31.2 Å². The average Bonchev–Trinajstić information content (AvgIpc) is 2.64. The minimum Gasteiger partial charge on any atom is -0.497 e. The number of carbonyl (C=O) groups is 1. The third-order valence-electron chi connectivity index (χ3n) is 3.52. The van der Waals surface area contributed by atoms with E-state index in [1.54, 1.807) is 12.1 Å². The molecule has 3 N–H and O–H groups in total. The average molecular weight is 428 g/mol. The molecule has 0 fully saturated rings. The number of hydrogen-bond donors (Lipinski definition) is 3. The van der Waals surface area contributed by atoms with Gasteiger partial charge < -0.3 is 10.1 Å².